The molecule has 26 heavy (non-hydrogen) atoms. The number of unbranched alkanes of at least 4 members (excludes halogenated alkanes) is 3. The Kier molecular flexibility index (Phi) is 9.13. The third kappa shape index (κ3) is 7.53. The molecule has 0 saturated carbocycles. The summed E-state index contributed by atoms with van der Waals surface area (Å²) in [5, 5.41) is 6.32. The summed E-state index contributed by atoms with van der Waals surface area (Å²) in [6, 6.07) is 1.57. The number of nitrogens with one attached hydrogen (secondary N) is 1. The fourth-order valence-corrected chi connectivity index (χ4v) is 2.87. The molecule has 2 rings (SSSR count). The summed E-state index contributed by atoms with van der Waals surface area (Å²) in [6.07, 6.45) is 6.06. The minimum absolute atomic E-state index is 0.0316. The van der Waals surface area contributed by atoms with Crippen LogP contribution in [0.5, 0.6) is 0 Å². The third-order valence-electron chi connectivity index (χ3n) is 4.43. The zero-order valence-corrected chi connectivity index (χ0v) is 15.6. The second kappa shape index (κ2) is 11.6. The quantitative estimate of drug-likeness (QED) is 0.600. The maximum atomic E-state index is 12.6. The summed E-state index contributed by atoms with van der Waals surface area (Å²) in [5.74, 6) is 0.131. The number of anilines is 1. The van der Waals surface area contributed by atoms with Crippen LogP contribution in [0.1, 0.15) is 39.0 Å². The molecule has 2 heterocycles. The average Bonchev–Trinajstić information content (AvgIpc) is 3.15. The first-order chi connectivity index (χ1) is 12.7. The molecule has 1 aromatic rings. The first kappa shape index (κ1) is 20.4. The van der Waals surface area contributed by atoms with E-state index >= 15 is 0 Å². The number of nitrogens with zero attached hydrogens (tertiary/aromatic N) is 3. The van der Waals surface area contributed by atoms with Crippen LogP contribution in [0, 0.1) is 0 Å². The monoisotopic (exact) mass is 366 g/mol. The number of rotatable bonds is 11. The van der Waals surface area contributed by atoms with Gasteiger partial charge in [-0.3, -0.25) is 14.5 Å². The van der Waals surface area contributed by atoms with Gasteiger partial charge in [-0.2, -0.15) is 0 Å². The predicted molar refractivity (Wildman–Crippen MR) is 97.7 cm³/mol. The molecule has 0 spiro atoms. The van der Waals surface area contributed by atoms with Crippen LogP contribution in [0.3, 0.4) is 0 Å². The topological polar surface area (TPSA) is 87.9 Å². The van der Waals surface area contributed by atoms with Crippen molar-refractivity contribution in [2.24, 2.45) is 0 Å². The summed E-state index contributed by atoms with van der Waals surface area (Å²) in [7, 11) is 0. The molecular formula is C18H30N4O4. The average molecular weight is 366 g/mol. The number of hydrogen-bond donors (Lipinski definition) is 1. The molecule has 146 valence electrons. The van der Waals surface area contributed by atoms with Crippen molar-refractivity contribution in [3.05, 3.63) is 12.3 Å². The Hall–Kier alpha value is -1.93. The summed E-state index contributed by atoms with van der Waals surface area (Å²) in [6.45, 7) is 6.64. The highest BCUT2D eigenvalue weighted by molar-refractivity contribution is 5.93. The molecule has 2 amide bonds. The van der Waals surface area contributed by atoms with E-state index in [1.54, 1.807) is 11.0 Å². The number of carbonyl (C=O) groups excluding carboxylic acids is 2. The van der Waals surface area contributed by atoms with Crippen LogP contribution in [0.25, 0.3) is 0 Å². The Bertz CT molecular complexity index is 529. The lowest BCUT2D eigenvalue weighted by Gasteiger charge is -2.30. The highest BCUT2D eigenvalue weighted by atomic mass is 16.5. The van der Waals surface area contributed by atoms with Gasteiger partial charge in [-0.15, -0.1) is 0 Å². The maximum absolute atomic E-state index is 12.6. The van der Waals surface area contributed by atoms with Crippen LogP contribution in [0.15, 0.2) is 16.9 Å². The van der Waals surface area contributed by atoms with Crippen molar-refractivity contribution < 1.29 is 18.8 Å². The van der Waals surface area contributed by atoms with Crippen LogP contribution in [0.2, 0.25) is 0 Å². The molecule has 0 aliphatic carbocycles. The molecule has 1 aliphatic heterocycles. The Labute approximate surface area is 154 Å². The molecule has 1 aromatic heterocycles. The van der Waals surface area contributed by atoms with Gasteiger partial charge in [0, 0.05) is 38.7 Å². The van der Waals surface area contributed by atoms with Gasteiger partial charge in [0.25, 0.3) is 0 Å². The molecule has 1 fully saturated rings. The van der Waals surface area contributed by atoms with Crippen LogP contribution in [-0.4, -0.2) is 72.7 Å². The SMILES string of the molecule is CCCCCCC(=O)N(CCN1CCOCC1)CC(=O)Nc1ccon1. The summed E-state index contributed by atoms with van der Waals surface area (Å²) < 4.78 is 10.1. The Morgan fingerprint density at radius 1 is 1.27 bits per heavy atom. The van der Waals surface area contributed by atoms with Crippen LogP contribution < -0.4 is 5.32 Å². The van der Waals surface area contributed by atoms with E-state index in [1.807, 2.05) is 0 Å². The molecule has 0 atom stereocenters. The van der Waals surface area contributed by atoms with E-state index in [4.69, 9.17) is 9.26 Å². The van der Waals surface area contributed by atoms with E-state index in [0.29, 0.717) is 18.8 Å². The maximum Gasteiger partial charge on any atom is 0.245 e. The molecule has 1 N–H and O–H groups in total. The van der Waals surface area contributed by atoms with Crippen molar-refractivity contribution in [1.29, 1.82) is 0 Å². The highest BCUT2D eigenvalue weighted by Crippen LogP contribution is 2.07. The zero-order valence-electron chi connectivity index (χ0n) is 15.6. The van der Waals surface area contributed by atoms with Crippen molar-refractivity contribution in [2.75, 3.05) is 51.3 Å². The van der Waals surface area contributed by atoms with E-state index in [2.05, 4.69) is 22.3 Å². The van der Waals surface area contributed by atoms with Crippen molar-refractivity contribution in [2.45, 2.75) is 39.0 Å². The van der Waals surface area contributed by atoms with Gasteiger partial charge < -0.3 is 19.5 Å². The number of hydrogen-bond acceptors (Lipinski definition) is 6. The Balaban J connectivity index is 1.83. The second-order valence-corrected chi connectivity index (χ2v) is 6.51. The largest absolute Gasteiger partial charge is 0.379 e. The fourth-order valence-electron chi connectivity index (χ4n) is 2.87. The zero-order chi connectivity index (χ0) is 18.6. The van der Waals surface area contributed by atoms with Gasteiger partial charge in [-0.1, -0.05) is 31.3 Å². The van der Waals surface area contributed by atoms with E-state index in [0.717, 1.165) is 58.5 Å². The minimum Gasteiger partial charge on any atom is -0.379 e. The van der Waals surface area contributed by atoms with Gasteiger partial charge in [-0.05, 0) is 6.42 Å². The first-order valence-corrected chi connectivity index (χ1v) is 9.47. The molecule has 1 aliphatic rings. The summed E-state index contributed by atoms with van der Waals surface area (Å²) in [4.78, 5) is 28.7. The van der Waals surface area contributed by atoms with Crippen molar-refractivity contribution in [3.8, 4) is 0 Å². The molecule has 8 nitrogen and oxygen atoms in total. The van der Waals surface area contributed by atoms with E-state index in [1.165, 1.54) is 6.26 Å². The predicted octanol–water partition coefficient (Wildman–Crippen LogP) is 1.74. The molecule has 8 heteroatoms. The minimum atomic E-state index is -0.261. The second-order valence-electron chi connectivity index (χ2n) is 6.51. The van der Waals surface area contributed by atoms with E-state index in [-0.39, 0.29) is 18.4 Å². The summed E-state index contributed by atoms with van der Waals surface area (Å²) in [5.41, 5.74) is 0. The van der Waals surface area contributed by atoms with Gasteiger partial charge in [0.1, 0.15) is 6.26 Å². The Morgan fingerprint density at radius 3 is 2.77 bits per heavy atom. The normalized spacial score (nSPS) is 15.0. The van der Waals surface area contributed by atoms with Gasteiger partial charge in [-0.25, -0.2) is 0 Å². The lowest BCUT2D eigenvalue weighted by molar-refractivity contribution is -0.135. The number of morpholine rings is 1. The number of amides is 2. The van der Waals surface area contributed by atoms with Gasteiger partial charge >= 0.3 is 0 Å². The molecular weight excluding hydrogens is 336 g/mol. The smallest absolute Gasteiger partial charge is 0.245 e. The van der Waals surface area contributed by atoms with Gasteiger partial charge in [0.15, 0.2) is 5.82 Å². The fraction of sp³-hybridized carbons (Fsp3) is 0.722. The Morgan fingerprint density at radius 2 is 2.08 bits per heavy atom. The highest BCUT2D eigenvalue weighted by Gasteiger charge is 2.19. The van der Waals surface area contributed by atoms with Crippen LogP contribution >= 0.6 is 0 Å². The van der Waals surface area contributed by atoms with Gasteiger partial charge in [0.2, 0.25) is 11.8 Å². The van der Waals surface area contributed by atoms with Crippen LogP contribution in [0.4, 0.5) is 5.82 Å². The summed E-state index contributed by atoms with van der Waals surface area (Å²) >= 11 is 0. The number of carbonyl (C=O) groups is 2. The van der Waals surface area contributed by atoms with E-state index < -0.39 is 0 Å². The van der Waals surface area contributed by atoms with Crippen molar-refractivity contribution in [1.82, 2.24) is 15.0 Å². The molecule has 0 bridgehead atoms. The van der Waals surface area contributed by atoms with Crippen LogP contribution in [-0.2, 0) is 14.3 Å². The third-order valence-corrected chi connectivity index (χ3v) is 4.43. The molecule has 0 aromatic carbocycles. The lowest BCUT2D eigenvalue weighted by Crippen LogP contribution is -2.45. The molecule has 1 saturated heterocycles. The number of ether oxygens (including phenoxy) is 1. The standard InChI is InChI=1S/C18H30N4O4/c1-2-3-4-5-6-18(24)22(9-8-21-10-13-25-14-11-21)15-17(23)19-16-7-12-26-20-16/h7,12H,2-6,8-11,13-15H2,1H3,(H,19,20,23). The molecule has 0 radical (unpaired) electrons. The van der Waals surface area contributed by atoms with Crippen molar-refractivity contribution in [3.63, 3.8) is 0 Å². The lowest BCUT2D eigenvalue weighted by atomic mass is 10.1. The molecule has 0 unspecified atom stereocenters. The van der Waals surface area contributed by atoms with E-state index in [9.17, 15) is 9.59 Å². The number of aromatic nitrogens is 1. The first-order valence-electron chi connectivity index (χ1n) is 9.47. The van der Waals surface area contributed by atoms with Crippen molar-refractivity contribution >= 4 is 17.6 Å². The van der Waals surface area contributed by atoms with Gasteiger partial charge in [0.05, 0.1) is 19.8 Å².